The predicted octanol–water partition coefficient (Wildman–Crippen LogP) is 3.89. The zero-order valence-corrected chi connectivity index (χ0v) is 13.7. The number of carbonyl (C=O) groups is 1. The molecular weight excluding hydrogens is 355 g/mol. The van der Waals surface area contributed by atoms with E-state index in [9.17, 15) is 28.1 Å². The van der Waals surface area contributed by atoms with E-state index in [4.69, 9.17) is 4.42 Å². The molecule has 0 saturated heterocycles. The van der Waals surface area contributed by atoms with Crippen molar-refractivity contribution in [3.8, 4) is 0 Å². The average Bonchev–Trinajstić information content (AvgIpc) is 3.08. The second kappa shape index (κ2) is 7.89. The van der Waals surface area contributed by atoms with Crippen molar-refractivity contribution in [2.24, 2.45) is 0 Å². The van der Waals surface area contributed by atoms with E-state index in [-0.39, 0.29) is 30.6 Å². The Morgan fingerprint density at radius 1 is 1.35 bits per heavy atom. The van der Waals surface area contributed by atoms with Crippen LogP contribution in [-0.2, 0) is 11.0 Å². The van der Waals surface area contributed by atoms with Gasteiger partial charge in [0.05, 0.1) is 22.8 Å². The highest BCUT2D eigenvalue weighted by Gasteiger charge is 2.33. The highest BCUT2D eigenvalue weighted by atomic mass is 19.4. The van der Waals surface area contributed by atoms with E-state index in [0.29, 0.717) is 11.8 Å². The van der Waals surface area contributed by atoms with Crippen LogP contribution in [0.2, 0.25) is 0 Å². The molecule has 0 fully saturated rings. The zero-order chi connectivity index (χ0) is 19.3. The van der Waals surface area contributed by atoms with Gasteiger partial charge in [-0.25, -0.2) is 0 Å². The molecule has 0 spiro atoms. The van der Waals surface area contributed by atoms with Gasteiger partial charge in [-0.1, -0.05) is 0 Å². The van der Waals surface area contributed by atoms with Gasteiger partial charge in [0.1, 0.15) is 11.4 Å². The number of carbonyl (C=O) groups excluding carboxylic acids is 1. The number of benzene rings is 1. The lowest BCUT2D eigenvalue weighted by molar-refractivity contribution is -0.384. The van der Waals surface area contributed by atoms with Gasteiger partial charge in [0.25, 0.3) is 5.69 Å². The van der Waals surface area contributed by atoms with Crippen molar-refractivity contribution in [3.63, 3.8) is 0 Å². The maximum atomic E-state index is 12.7. The van der Waals surface area contributed by atoms with Crippen molar-refractivity contribution in [1.82, 2.24) is 5.32 Å². The molecule has 0 aliphatic heterocycles. The molecule has 26 heavy (non-hydrogen) atoms. The Labute approximate surface area is 146 Å². The van der Waals surface area contributed by atoms with Crippen LogP contribution in [-0.4, -0.2) is 17.4 Å². The van der Waals surface area contributed by atoms with Crippen LogP contribution in [0.1, 0.15) is 30.7 Å². The second-order valence-electron chi connectivity index (χ2n) is 5.47. The number of hydrogen-bond acceptors (Lipinski definition) is 5. The number of furan rings is 1. The number of halogens is 3. The Bertz CT molecular complexity index is 776. The van der Waals surface area contributed by atoms with Crippen molar-refractivity contribution in [3.05, 3.63) is 58.0 Å². The summed E-state index contributed by atoms with van der Waals surface area (Å²) in [7, 11) is 0. The molecule has 2 N–H and O–H groups in total. The van der Waals surface area contributed by atoms with Crippen LogP contribution in [0.5, 0.6) is 0 Å². The molecule has 0 saturated carbocycles. The average molecular weight is 371 g/mol. The largest absolute Gasteiger partial charge is 0.467 e. The third-order valence-electron chi connectivity index (χ3n) is 3.54. The predicted molar refractivity (Wildman–Crippen MR) is 86.5 cm³/mol. The number of nitro groups is 1. The van der Waals surface area contributed by atoms with Gasteiger partial charge >= 0.3 is 6.18 Å². The van der Waals surface area contributed by atoms with Crippen LogP contribution in [0.4, 0.5) is 24.5 Å². The highest BCUT2D eigenvalue weighted by molar-refractivity contribution is 5.77. The van der Waals surface area contributed by atoms with E-state index < -0.39 is 22.4 Å². The molecule has 1 aromatic carbocycles. The van der Waals surface area contributed by atoms with Crippen LogP contribution in [0.3, 0.4) is 0 Å². The van der Waals surface area contributed by atoms with Gasteiger partial charge in [0.2, 0.25) is 5.91 Å². The minimum Gasteiger partial charge on any atom is -0.467 e. The molecule has 0 radical (unpaired) electrons. The molecule has 1 atom stereocenters. The van der Waals surface area contributed by atoms with Crippen molar-refractivity contribution in [1.29, 1.82) is 0 Å². The molecule has 0 bridgehead atoms. The summed E-state index contributed by atoms with van der Waals surface area (Å²) in [6.45, 7) is 1.74. The number of anilines is 1. The molecule has 1 aromatic heterocycles. The molecule has 2 aromatic rings. The Morgan fingerprint density at radius 3 is 2.65 bits per heavy atom. The summed E-state index contributed by atoms with van der Waals surface area (Å²) < 4.78 is 43.1. The van der Waals surface area contributed by atoms with Gasteiger partial charge in [0, 0.05) is 19.0 Å². The molecule has 1 amide bonds. The molecule has 0 unspecified atom stereocenters. The normalized spacial score (nSPS) is 12.5. The quantitative estimate of drug-likeness (QED) is 0.568. The third-order valence-corrected chi connectivity index (χ3v) is 3.54. The molecule has 140 valence electrons. The van der Waals surface area contributed by atoms with Crippen LogP contribution < -0.4 is 10.6 Å². The van der Waals surface area contributed by atoms with Gasteiger partial charge < -0.3 is 15.1 Å². The summed E-state index contributed by atoms with van der Waals surface area (Å²) >= 11 is 0. The summed E-state index contributed by atoms with van der Waals surface area (Å²) in [4.78, 5) is 21.9. The molecule has 7 nitrogen and oxygen atoms in total. The number of nitrogens with one attached hydrogen (secondary N) is 2. The molecule has 1 heterocycles. The Balaban J connectivity index is 1.94. The van der Waals surface area contributed by atoms with Crippen LogP contribution >= 0.6 is 0 Å². The monoisotopic (exact) mass is 371 g/mol. The smallest absolute Gasteiger partial charge is 0.416 e. The first-order valence-corrected chi connectivity index (χ1v) is 7.60. The maximum Gasteiger partial charge on any atom is 0.416 e. The Hall–Kier alpha value is -3.04. The summed E-state index contributed by atoms with van der Waals surface area (Å²) in [5.41, 5.74) is -1.90. The SMILES string of the molecule is C[C@H](NC(=O)CCNc1ccc(C(F)(F)F)cc1[N+](=O)[O-])c1ccco1. The van der Waals surface area contributed by atoms with Crippen molar-refractivity contribution >= 4 is 17.3 Å². The molecule has 10 heteroatoms. The van der Waals surface area contributed by atoms with Crippen LogP contribution in [0, 0.1) is 10.1 Å². The van der Waals surface area contributed by atoms with E-state index in [2.05, 4.69) is 10.6 Å². The first-order valence-electron chi connectivity index (χ1n) is 7.60. The fourth-order valence-corrected chi connectivity index (χ4v) is 2.24. The number of nitro benzene ring substituents is 1. The molecular formula is C16H16F3N3O4. The van der Waals surface area contributed by atoms with Crippen LogP contribution in [0.15, 0.2) is 41.0 Å². The number of nitrogens with zero attached hydrogens (tertiary/aromatic N) is 1. The maximum absolute atomic E-state index is 12.7. The van der Waals surface area contributed by atoms with E-state index in [1.807, 2.05) is 0 Å². The van der Waals surface area contributed by atoms with Gasteiger partial charge in [-0.2, -0.15) is 13.2 Å². The number of alkyl halides is 3. The van der Waals surface area contributed by atoms with Gasteiger partial charge in [-0.15, -0.1) is 0 Å². The Kier molecular flexibility index (Phi) is 5.86. The standard InChI is InChI=1S/C16H16F3N3O4/c1-10(14-3-2-8-26-14)21-15(23)6-7-20-12-5-4-11(16(17,18)19)9-13(12)22(24)25/h2-5,8-10,20H,6-7H2,1H3,(H,21,23)/t10-/m0/s1. The van der Waals surface area contributed by atoms with E-state index in [1.165, 1.54) is 6.26 Å². The lowest BCUT2D eigenvalue weighted by atomic mass is 10.1. The van der Waals surface area contributed by atoms with Crippen molar-refractivity contribution < 1.29 is 27.3 Å². The summed E-state index contributed by atoms with van der Waals surface area (Å²) in [6, 6.07) is 5.22. The third kappa shape index (κ3) is 4.98. The second-order valence-corrected chi connectivity index (χ2v) is 5.47. The molecule has 0 aliphatic carbocycles. The first-order chi connectivity index (χ1) is 12.2. The minimum atomic E-state index is -4.68. The number of rotatable bonds is 7. The van der Waals surface area contributed by atoms with Crippen LogP contribution in [0.25, 0.3) is 0 Å². The lowest BCUT2D eigenvalue weighted by Crippen LogP contribution is -2.28. The highest BCUT2D eigenvalue weighted by Crippen LogP contribution is 2.34. The summed E-state index contributed by atoms with van der Waals surface area (Å²) in [5, 5.41) is 16.3. The minimum absolute atomic E-state index is 0.0168. The van der Waals surface area contributed by atoms with Crippen molar-refractivity contribution in [2.45, 2.75) is 25.6 Å². The van der Waals surface area contributed by atoms with Crippen molar-refractivity contribution in [2.75, 3.05) is 11.9 Å². The molecule has 2 rings (SSSR count). The van der Waals surface area contributed by atoms with E-state index in [0.717, 1.165) is 12.1 Å². The number of amides is 1. The summed E-state index contributed by atoms with van der Waals surface area (Å²) in [6.07, 6.45) is -3.22. The van der Waals surface area contributed by atoms with Gasteiger partial charge in [0.15, 0.2) is 0 Å². The lowest BCUT2D eigenvalue weighted by Gasteiger charge is -2.13. The zero-order valence-electron chi connectivity index (χ0n) is 13.7. The fraction of sp³-hybridized carbons (Fsp3) is 0.312. The van der Waals surface area contributed by atoms with E-state index in [1.54, 1.807) is 19.1 Å². The fourth-order valence-electron chi connectivity index (χ4n) is 2.24. The first kappa shape index (κ1) is 19.3. The molecule has 0 aliphatic rings. The van der Waals surface area contributed by atoms with Gasteiger partial charge in [-0.3, -0.25) is 14.9 Å². The van der Waals surface area contributed by atoms with Gasteiger partial charge in [-0.05, 0) is 31.2 Å². The van der Waals surface area contributed by atoms with E-state index >= 15 is 0 Å². The topological polar surface area (TPSA) is 97.4 Å². The Morgan fingerprint density at radius 2 is 2.08 bits per heavy atom. The number of hydrogen-bond donors (Lipinski definition) is 2. The summed E-state index contributed by atoms with van der Waals surface area (Å²) in [5.74, 6) is 0.237.